The van der Waals surface area contributed by atoms with E-state index >= 15 is 0 Å². The molecule has 0 atom stereocenters. The minimum Gasteiger partial charge on any atom is -0.331 e. The number of Topliss-reactive ketones (excluding diaryl/α,β-unsaturated/α-hetero) is 1. The average Bonchev–Trinajstić information content (AvgIpc) is 2.28. The zero-order chi connectivity index (χ0) is 12.8. The van der Waals surface area contributed by atoms with E-state index in [1.807, 2.05) is 44.2 Å². The zero-order valence-corrected chi connectivity index (χ0v) is 10.6. The third kappa shape index (κ3) is 4.39. The van der Waals surface area contributed by atoms with E-state index < -0.39 is 0 Å². The van der Waals surface area contributed by atoms with E-state index in [1.165, 1.54) is 6.92 Å². The van der Waals surface area contributed by atoms with Crippen LogP contribution in [0.25, 0.3) is 0 Å². The van der Waals surface area contributed by atoms with Gasteiger partial charge in [-0.25, -0.2) is 0 Å². The molecule has 3 heteroatoms. The van der Waals surface area contributed by atoms with Crippen molar-refractivity contribution < 1.29 is 9.59 Å². The number of amides is 1. The summed E-state index contributed by atoms with van der Waals surface area (Å²) in [6.45, 7) is 5.88. The highest BCUT2D eigenvalue weighted by Gasteiger charge is 2.18. The summed E-state index contributed by atoms with van der Waals surface area (Å²) >= 11 is 0. The lowest BCUT2D eigenvalue weighted by Crippen LogP contribution is -2.37. The van der Waals surface area contributed by atoms with Crippen LogP contribution < -0.4 is 0 Å². The second kappa shape index (κ2) is 6.18. The number of hydrogen-bond acceptors (Lipinski definition) is 2. The molecule has 1 aromatic carbocycles. The number of carbonyl (C=O) groups is 2. The van der Waals surface area contributed by atoms with E-state index in [0.717, 1.165) is 5.56 Å². The van der Waals surface area contributed by atoms with Crippen molar-refractivity contribution in [2.45, 2.75) is 27.3 Å². The predicted octanol–water partition coefficient (Wildman–Crippen LogP) is 2.26. The van der Waals surface area contributed by atoms with Crippen molar-refractivity contribution in [1.29, 1.82) is 0 Å². The van der Waals surface area contributed by atoms with Gasteiger partial charge in [0.15, 0.2) is 0 Å². The number of hydrogen-bond donors (Lipinski definition) is 0. The summed E-state index contributed by atoms with van der Waals surface area (Å²) in [6.07, 6.45) is 0. The molecule has 0 aliphatic rings. The van der Waals surface area contributed by atoms with Crippen molar-refractivity contribution in [2.75, 3.05) is 6.54 Å². The van der Waals surface area contributed by atoms with Crippen molar-refractivity contribution in [3.05, 3.63) is 35.9 Å². The van der Waals surface area contributed by atoms with E-state index in [9.17, 15) is 9.59 Å². The Hall–Kier alpha value is -1.64. The van der Waals surface area contributed by atoms with Crippen LogP contribution in [0.4, 0.5) is 0 Å². The van der Waals surface area contributed by atoms with Gasteiger partial charge in [-0.1, -0.05) is 44.2 Å². The van der Waals surface area contributed by atoms with Crippen LogP contribution in [0.2, 0.25) is 0 Å². The molecule has 0 saturated carbocycles. The van der Waals surface area contributed by atoms with Crippen LogP contribution in [0.3, 0.4) is 0 Å². The van der Waals surface area contributed by atoms with Crippen molar-refractivity contribution >= 4 is 11.7 Å². The number of ketones is 1. The Kier molecular flexibility index (Phi) is 4.88. The number of carbonyl (C=O) groups excluding carboxylic acids is 2. The Morgan fingerprint density at radius 1 is 1.18 bits per heavy atom. The third-order valence-corrected chi connectivity index (χ3v) is 2.44. The van der Waals surface area contributed by atoms with Gasteiger partial charge in [-0.3, -0.25) is 9.59 Å². The van der Waals surface area contributed by atoms with E-state index in [2.05, 4.69) is 0 Å². The minimum atomic E-state index is -0.0851. The van der Waals surface area contributed by atoms with E-state index in [-0.39, 0.29) is 24.2 Å². The largest absolute Gasteiger partial charge is 0.331 e. The maximum atomic E-state index is 12.0. The second-order valence-electron chi connectivity index (χ2n) is 4.54. The highest BCUT2D eigenvalue weighted by molar-refractivity contribution is 5.85. The number of nitrogens with zero attached hydrogens (tertiary/aromatic N) is 1. The monoisotopic (exact) mass is 233 g/mol. The fourth-order valence-electron chi connectivity index (χ4n) is 1.65. The molecular weight excluding hydrogens is 214 g/mol. The molecule has 0 radical (unpaired) electrons. The lowest BCUT2D eigenvalue weighted by atomic mass is 10.1. The van der Waals surface area contributed by atoms with Gasteiger partial charge in [0.25, 0.3) is 0 Å². The van der Waals surface area contributed by atoms with Gasteiger partial charge in [0.2, 0.25) is 5.91 Å². The summed E-state index contributed by atoms with van der Waals surface area (Å²) in [6, 6.07) is 9.72. The van der Waals surface area contributed by atoms with E-state index in [0.29, 0.717) is 6.54 Å². The van der Waals surface area contributed by atoms with Crippen LogP contribution in [-0.4, -0.2) is 23.1 Å². The first kappa shape index (κ1) is 13.4. The molecule has 1 aromatic rings. The van der Waals surface area contributed by atoms with Gasteiger partial charge in [-0.15, -0.1) is 0 Å². The van der Waals surface area contributed by atoms with Crippen LogP contribution in [0.15, 0.2) is 30.3 Å². The Bertz CT molecular complexity index is 384. The van der Waals surface area contributed by atoms with Crippen LogP contribution in [0.1, 0.15) is 26.3 Å². The first-order valence-electron chi connectivity index (χ1n) is 5.83. The van der Waals surface area contributed by atoms with E-state index in [4.69, 9.17) is 0 Å². The first-order valence-corrected chi connectivity index (χ1v) is 5.83. The Labute approximate surface area is 102 Å². The maximum absolute atomic E-state index is 12.0. The molecule has 0 saturated heterocycles. The quantitative estimate of drug-likeness (QED) is 0.782. The van der Waals surface area contributed by atoms with Crippen LogP contribution >= 0.6 is 0 Å². The molecule has 0 aromatic heterocycles. The topological polar surface area (TPSA) is 37.4 Å². The maximum Gasteiger partial charge on any atom is 0.225 e. The van der Waals surface area contributed by atoms with Crippen LogP contribution in [-0.2, 0) is 16.1 Å². The molecule has 1 amide bonds. The fourth-order valence-corrected chi connectivity index (χ4v) is 1.65. The normalized spacial score (nSPS) is 10.4. The second-order valence-corrected chi connectivity index (χ2v) is 4.54. The zero-order valence-electron chi connectivity index (χ0n) is 10.6. The predicted molar refractivity (Wildman–Crippen MR) is 67.4 cm³/mol. The Morgan fingerprint density at radius 2 is 1.76 bits per heavy atom. The van der Waals surface area contributed by atoms with Gasteiger partial charge < -0.3 is 4.90 Å². The van der Waals surface area contributed by atoms with Crippen LogP contribution in [0.5, 0.6) is 0 Å². The summed E-state index contributed by atoms with van der Waals surface area (Å²) in [5.41, 5.74) is 1.04. The van der Waals surface area contributed by atoms with Gasteiger partial charge in [-0.05, 0) is 12.5 Å². The minimum absolute atomic E-state index is 0.00920. The lowest BCUT2D eigenvalue weighted by molar-refractivity contribution is -0.138. The van der Waals surface area contributed by atoms with E-state index in [1.54, 1.807) is 4.90 Å². The summed E-state index contributed by atoms with van der Waals surface area (Å²) in [4.78, 5) is 24.7. The molecule has 3 nitrogen and oxygen atoms in total. The van der Waals surface area contributed by atoms with Crippen molar-refractivity contribution in [3.63, 3.8) is 0 Å². The summed E-state index contributed by atoms with van der Waals surface area (Å²) < 4.78 is 0. The third-order valence-electron chi connectivity index (χ3n) is 2.44. The molecule has 0 N–H and O–H groups in total. The van der Waals surface area contributed by atoms with Crippen molar-refractivity contribution in [3.8, 4) is 0 Å². The highest BCUT2D eigenvalue weighted by Crippen LogP contribution is 2.08. The van der Waals surface area contributed by atoms with Gasteiger partial charge in [-0.2, -0.15) is 0 Å². The Balaban J connectivity index is 2.77. The molecule has 0 heterocycles. The summed E-state index contributed by atoms with van der Waals surface area (Å²) in [7, 11) is 0. The van der Waals surface area contributed by atoms with Gasteiger partial charge in [0, 0.05) is 12.5 Å². The molecule has 0 unspecified atom stereocenters. The van der Waals surface area contributed by atoms with Gasteiger partial charge in [0.1, 0.15) is 5.78 Å². The standard InChI is InChI=1S/C14H19NO2/c1-11(2)14(17)15(9-12(3)16)10-13-7-5-4-6-8-13/h4-8,11H,9-10H2,1-3H3. The molecule has 0 aliphatic carbocycles. The van der Waals surface area contributed by atoms with Crippen LogP contribution in [0, 0.1) is 5.92 Å². The summed E-state index contributed by atoms with van der Waals surface area (Å²) in [5, 5.41) is 0. The van der Waals surface area contributed by atoms with Crippen molar-refractivity contribution in [2.24, 2.45) is 5.92 Å². The number of rotatable bonds is 5. The SMILES string of the molecule is CC(=O)CN(Cc1ccccc1)C(=O)C(C)C. The molecule has 17 heavy (non-hydrogen) atoms. The Morgan fingerprint density at radius 3 is 2.24 bits per heavy atom. The first-order chi connectivity index (χ1) is 8.00. The molecule has 1 rings (SSSR count). The highest BCUT2D eigenvalue weighted by atomic mass is 16.2. The van der Waals surface area contributed by atoms with Crippen molar-refractivity contribution in [1.82, 2.24) is 4.90 Å². The molecule has 0 bridgehead atoms. The van der Waals surface area contributed by atoms with Gasteiger partial charge in [0.05, 0.1) is 6.54 Å². The lowest BCUT2D eigenvalue weighted by Gasteiger charge is -2.23. The smallest absolute Gasteiger partial charge is 0.225 e. The molecule has 92 valence electrons. The molecule has 0 aliphatic heterocycles. The molecule has 0 spiro atoms. The average molecular weight is 233 g/mol. The number of benzene rings is 1. The molecular formula is C14H19NO2. The van der Waals surface area contributed by atoms with Gasteiger partial charge >= 0.3 is 0 Å². The molecule has 0 fully saturated rings. The fraction of sp³-hybridized carbons (Fsp3) is 0.429. The summed E-state index contributed by atoms with van der Waals surface area (Å²) in [5.74, 6) is -0.0583.